The summed E-state index contributed by atoms with van der Waals surface area (Å²) in [6, 6.07) is 5.27. The third-order valence-electron chi connectivity index (χ3n) is 2.54. The molecule has 7 heteroatoms. The van der Waals surface area contributed by atoms with Crippen molar-refractivity contribution >= 4 is 21.7 Å². The fraction of sp³-hybridized carbons (Fsp3) is 0.0833. The first-order valence-electron chi connectivity index (χ1n) is 5.51. The molecule has 0 saturated heterocycles. The van der Waals surface area contributed by atoms with E-state index >= 15 is 0 Å². The molecule has 0 atom stereocenters. The third-order valence-corrected chi connectivity index (χ3v) is 2.97. The Labute approximate surface area is 117 Å². The first-order chi connectivity index (χ1) is 9.11. The van der Waals surface area contributed by atoms with Crippen molar-refractivity contribution in [1.29, 1.82) is 0 Å². The molecule has 3 aromatic heterocycles. The number of aryl methyl sites for hydroxylation is 1. The minimum Gasteiger partial charge on any atom is -0.446 e. The van der Waals surface area contributed by atoms with E-state index in [2.05, 4.69) is 31.0 Å². The van der Waals surface area contributed by atoms with Crippen LogP contribution >= 0.6 is 15.9 Å². The maximum atomic E-state index is 5.82. The van der Waals surface area contributed by atoms with Gasteiger partial charge in [0.1, 0.15) is 5.82 Å². The number of nitrogens with zero attached hydrogens (tertiary/aromatic N) is 4. The zero-order valence-corrected chi connectivity index (χ0v) is 11.6. The van der Waals surface area contributed by atoms with Crippen LogP contribution in [0.25, 0.3) is 22.8 Å². The number of nitrogens with two attached hydrogens (primary N) is 1. The fourth-order valence-electron chi connectivity index (χ4n) is 1.71. The van der Waals surface area contributed by atoms with Crippen LogP contribution in [0.15, 0.2) is 39.7 Å². The molecule has 3 heterocycles. The van der Waals surface area contributed by atoms with Gasteiger partial charge in [0.15, 0.2) is 16.3 Å². The molecule has 0 bridgehead atoms. The monoisotopic (exact) mass is 319 g/mol. The molecule has 0 aliphatic rings. The van der Waals surface area contributed by atoms with Gasteiger partial charge in [0, 0.05) is 24.9 Å². The number of aromatic nitrogens is 4. The second kappa shape index (κ2) is 4.51. The van der Waals surface area contributed by atoms with Crippen LogP contribution in [0.4, 0.5) is 5.82 Å². The van der Waals surface area contributed by atoms with E-state index in [9.17, 15) is 0 Å². The number of anilines is 1. The molecule has 0 radical (unpaired) electrons. The molecule has 96 valence electrons. The molecule has 6 nitrogen and oxygen atoms in total. The molecule has 3 aromatic rings. The highest BCUT2D eigenvalue weighted by atomic mass is 79.9. The maximum absolute atomic E-state index is 5.82. The summed E-state index contributed by atoms with van der Waals surface area (Å²) in [5.74, 6) is 1.39. The van der Waals surface area contributed by atoms with Crippen molar-refractivity contribution < 1.29 is 4.42 Å². The van der Waals surface area contributed by atoms with Crippen molar-refractivity contribution in [2.24, 2.45) is 7.05 Å². The van der Waals surface area contributed by atoms with Gasteiger partial charge in [0.2, 0.25) is 0 Å². The second-order valence-corrected chi connectivity index (χ2v) is 4.79. The van der Waals surface area contributed by atoms with Gasteiger partial charge in [0.25, 0.3) is 0 Å². The first-order valence-corrected chi connectivity index (χ1v) is 6.30. The first kappa shape index (κ1) is 11.9. The van der Waals surface area contributed by atoms with Crippen molar-refractivity contribution in [2.45, 2.75) is 0 Å². The SMILES string of the molecule is Cn1cc(-c2cc(N)nc(-c3ccc(Br)o3)n2)cn1. The van der Waals surface area contributed by atoms with Crippen LogP contribution in [0, 0.1) is 0 Å². The zero-order valence-electron chi connectivity index (χ0n) is 10.0. The van der Waals surface area contributed by atoms with Gasteiger partial charge in [-0.2, -0.15) is 5.10 Å². The van der Waals surface area contributed by atoms with Crippen molar-refractivity contribution in [3.8, 4) is 22.8 Å². The lowest BCUT2D eigenvalue weighted by atomic mass is 10.2. The van der Waals surface area contributed by atoms with Crippen molar-refractivity contribution in [3.63, 3.8) is 0 Å². The molecule has 3 rings (SSSR count). The highest BCUT2D eigenvalue weighted by Crippen LogP contribution is 2.25. The predicted molar refractivity (Wildman–Crippen MR) is 74.0 cm³/mol. The maximum Gasteiger partial charge on any atom is 0.198 e. The average molecular weight is 320 g/mol. The van der Waals surface area contributed by atoms with E-state index in [0.29, 0.717) is 27.8 Å². The summed E-state index contributed by atoms with van der Waals surface area (Å²) >= 11 is 3.25. The van der Waals surface area contributed by atoms with E-state index in [-0.39, 0.29) is 0 Å². The highest BCUT2D eigenvalue weighted by Gasteiger charge is 2.11. The molecular formula is C12H10BrN5O. The lowest BCUT2D eigenvalue weighted by molar-refractivity contribution is 0.551. The normalized spacial score (nSPS) is 10.8. The van der Waals surface area contributed by atoms with Crippen molar-refractivity contribution in [2.75, 3.05) is 5.73 Å². The minimum atomic E-state index is 0.386. The smallest absolute Gasteiger partial charge is 0.198 e. The molecule has 0 saturated carbocycles. The average Bonchev–Trinajstić information content (AvgIpc) is 2.97. The third kappa shape index (κ3) is 2.37. The fourth-order valence-corrected chi connectivity index (χ4v) is 2.02. The van der Waals surface area contributed by atoms with E-state index in [4.69, 9.17) is 10.2 Å². The number of halogens is 1. The number of hydrogen-bond acceptors (Lipinski definition) is 5. The van der Waals surface area contributed by atoms with Crippen LogP contribution in [0.5, 0.6) is 0 Å². The molecule has 2 N–H and O–H groups in total. The van der Waals surface area contributed by atoms with E-state index in [1.165, 1.54) is 0 Å². The summed E-state index contributed by atoms with van der Waals surface area (Å²) in [5, 5.41) is 4.11. The summed E-state index contributed by atoms with van der Waals surface area (Å²) in [7, 11) is 1.85. The van der Waals surface area contributed by atoms with Crippen LogP contribution in [-0.2, 0) is 7.05 Å². The largest absolute Gasteiger partial charge is 0.446 e. The Morgan fingerprint density at radius 1 is 1.32 bits per heavy atom. The topological polar surface area (TPSA) is 82.8 Å². The number of rotatable bonds is 2. The van der Waals surface area contributed by atoms with Gasteiger partial charge in [0.05, 0.1) is 11.9 Å². The van der Waals surface area contributed by atoms with E-state index < -0.39 is 0 Å². The van der Waals surface area contributed by atoms with E-state index in [1.54, 1.807) is 29.1 Å². The standard InChI is InChI=1S/C12H10BrN5O/c1-18-6-7(5-15-18)8-4-11(14)17-12(16-8)9-2-3-10(13)19-9/h2-6H,1H3,(H2,14,16,17). The summed E-state index contributed by atoms with van der Waals surface area (Å²) in [5.41, 5.74) is 7.41. The molecule has 0 aromatic carbocycles. The van der Waals surface area contributed by atoms with Crippen LogP contribution in [0.2, 0.25) is 0 Å². The Kier molecular flexibility index (Phi) is 2.83. The Hall–Kier alpha value is -2.15. The highest BCUT2D eigenvalue weighted by molar-refractivity contribution is 9.10. The Morgan fingerprint density at radius 2 is 2.16 bits per heavy atom. The van der Waals surface area contributed by atoms with Crippen LogP contribution in [-0.4, -0.2) is 19.7 Å². The lowest BCUT2D eigenvalue weighted by Crippen LogP contribution is -1.97. The molecular weight excluding hydrogens is 310 g/mol. The Balaban J connectivity index is 2.10. The molecule has 0 unspecified atom stereocenters. The molecule has 19 heavy (non-hydrogen) atoms. The lowest BCUT2D eigenvalue weighted by Gasteiger charge is -2.02. The second-order valence-electron chi connectivity index (χ2n) is 4.01. The van der Waals surface area contributed by atoms with E-state index in [0.717, 1.165) is 5.56 Å². The van der Waals surface area contributed by atoms with Gasteiger partial charge >= 0.3 is 0 Å². The molecule has 0 aliphatic heterocycles. The van der Waals surface area contributed by atoms with Gasteiger partial charge in [-0.15, -0.1) is 0 Å². The van der Waals surface area contributed by atoms with Gasteiger partial charge in [-0.3, -0.25) is 4.68 Å². The zero-order chi connectivity index (χ0) is 13.4. The molecule has 0 fully saturated rings. The van der Waals surface area contributed by atoms with Gasteiger partial charge < -0.3 is 10.2 Å². The van der Waals surface area contributed by atoms with Crippen molar-refractivity contribution in [3.05, 3.63) is 35.3 Å². The van der Waals surface area contributed by atoms with Crippen LogP contribution in [0.3, 0.4) is 0 Å². The predicted octanol–water partition coefficient (Wildman–Crippen LogP) is 2.48. The minimum absolute atomic E-state index is 0.386. The molecule has 0 amide bonds. The van der Waals surface area contributed by atoms with Crippen LogP contribution in [0.1, 0.15) is 0 Å². The summed E-state index contributed by atoms with van der Waals surface area (Å²) in [6.07, 6.45) is 3.59. The summed E-state index contributed by atoms with van der Waals surface area (Å²) in [6.45, 7) is 0. The van der Waals surface area contributed by atoms with E-state index in [1.807, 2.05) is 13.2 Å². The summed E-state index contributed by atoms with van der Waals surface area (Å²) in [4.78, 5) is 8.62. The summed E-state index contributed by atoms with van der Waals surface area (Å²) < 4.78 is 7.76. The molecule has 0 aliphatic carbocycles. The van der Waals surface area contributed by atoms with Gasteiger partial charge in [-0.25, -0.2) is 9.97 Å². The Bertz CT molecular complexity index is 675. The number of furan rings is 1. The van der Waals surface area contributed by atoms with Gasteiger partial charge in [-0.05, 0) is 28.1 Å². The van der Waals surface area contributed by atoms with Crippen molar-refractivity contribution in [1.82, 2.24) is 19.7 Å². The van der Waals surface area contributed by atoms with Gasteiger partial charge in [-0.1, -0.05) is 0 Å². The number of nitrogen functional groups attached to an aromatic ring is 1. The Morgan fingerprint density at radius 3 is 2.79 bits per heavy atom. The van der Waals surface area contributed by atoms with Crippen LogP contribution < -0.4 is 5.73 Å². The number of hydrogen-bond donors (Lipinski definition) is 1. The molecule has 0 spiro atoms. The quantitative estimate of drug-likeness (QED) is 0.784.